The average molecular weight is 357 g/mol. The zero-order valence-corrected chi connectivity index (χ0v) is 13.5. The third-order valence-electron chi connectivity index (χ3n) is 4.00. The standard InChI is InChI=1S/C20H14F3NO2/c21-20(22,23)16-8-6-14(7-9-16)18-15(4-1-5-17(18)19(25)26)11-13-3-2-10-24-12-13/h1-10,12H,11H2,(H,25,26). The number of rotatable bonds is 4. The van der Waals surface area contributed by atoms with Crippen molar-refractivity contribution in [1.82, 2.24) is 4.98 Å². The molecule has 0 fully saturated rings. The molecule has 0 saturated heterocycles. The van der Waals surface area contributed by atoms with Gasteiger partial charge in [0.05, 0.1) is 11.1 Å². The van der Waals surface area contributed by atoms with Crippen LogP contribution >= 0.6 is 0 Å². The van der Waals surface area contributed by atoms with E-state index in [0.717, 1.165) is 17.7 Å². The van der Waals surface area contributed by atoms with Crippen molar-refractivity contribution in [3.63, 3.8) is 0 Å². The summed E-state index contributed by atoms with van der Waals surface area (Å²) in [6.45, 7) is 0. The van der Waals surface area contributed by atoms with E-state index in [1.165, 1.54) is 18.2 Å². The lowest BCUT2D eigenvalue weighted by Crippen LogP contribution is -2.06. The minimum Gasteiger partial charge on any atom is -0.478 e. The third kappa shape index (κ3) is 3.74. The molecule has 26 heavy (non-hydrogen) atoms. The van der Waals surface area contributed by atoms with Gasteiger partial charge in [-0.15, -0.1) is 0 Å². The number of hydrogen-bond donors (Lipinski definition) is 1. The maximum absolute atomic E-state index is 12.8. The van der Waals surface area contributed by atoms with E-state index in [2.05, 4.69) is 4.98 Å². The van der Waals surface area contributed by atoms with E-state index < -0.39 is 17.7 Å². The number of carboxylic acids is 1. The van der Waals surface area contributed by atoms with Gasteiger partial charge < -0.3 is 5.11 Å². The Labute approximate surface area is 147 Å². The van der Waals surface area contributed by atoms with Gasteiger partial charge in [-0.05, 0) is 52.9 Å². The third-order valence-corrected chi connectivity index (χ3v) is 4.00. The van der Waals surface area contributed by atoms with E-state index >= 15 is 0 Å². The van der Waals surface area contributed by atoms with Crippen molar-refractivity contribution in [2.75, 3.05) is 0 Å². The molecular formula is C20H14F3NO2. The fourth-order valence-corrected chi connectivity index (χ4v) is 2.82. The van der Waals surface area contributed by atoms with Crippen LogP contribution in [-0.2, 0) is 12.6 Å². The van der Waals surface area contributed by atoms with Gasteiger partial charge in [0.25, 0.3) is 0 Å². The van der Waals surface area contributed by atoms with Crippen molar-refractivity contribution in [3.05, 3.63) is 89.2 Å². The largest absolute Gasteiger partial charge is 0.478 e. The van der Waals surface area contributed by atoms with Gasteiger partial charge in [0.2, 0.25) is 0 Å². The predicted octanol–water partition coefficient (Wildman–Crippen LogP) is 5.06. The van der Waals surface area contributed by atoms with E-state index in [4.69, 9.17) is 0 Å². The van der Waals surface area contributed by atoms with Crippen LogP contribution in [-0.4, -0.2) is 16.1 Å². The molecule has 0 radical (unpaired) electrons. The molecule has 0 spiro atoms. The summed E-state index contributed by atoms with van der Waals surface area (Å²) < 4.78 is 38.4. The molecule has 6 heteroatoms. The Balaban J connectivity index is 2.10. The number of carboxylic acid groups (broad SMARTS) is 1. The van der Waals surface area contributed by atoms with Crippen LogP contribution in [0, 0.1) is 0 Å². The second-order valence-corrected chi connectivity index (χ2v) is 5.76. The minimum atomic E-state index is -4.44. The summed E-state index contributed by atoms with van der Waals surface area (Å²) in [5, 5.41) is 9.51. The Kier molecular flexibility index (Phi) is 4.75. The predicted molar refractivity (Wildman–Crippen MR) is 90.9 cm³/mol. The fourth-order valence-electron chi connectivity index (χ4n) is 2.82. The number of pyridine rings is 1. The molecule has 132 valence electrons. The van der Waals surface area contributed by atoms with Crippen LogP contribution in [0.2, 0.25) is 0 Å². The molecule has 0 atom stereocenters. The van der Waals surface area contributed by atoms with Gasteiger partial charge in [-0.25, -0.2) is 4.79 Å². The first-order chi connectivity index (χ1) is 12.4. The number of halogens is 3. The Morgan fingerprint density at radius 2 is 1.73 bits per heavy atom. The van der Waals surface area contributed by atoms with Crippen LogP contribution in [0.4, 0.5) is 13.2 Å². The Morgan fingerprint density at radius 1 is 1.00 bits per heavy atom. The molecule has 0 bridgehead atoms. The van der Waals surface area contributed by atoms with Crippen molar-refractivity contribution in [1.29, 1.82) is 0 Å². The number of aromatic carboxylic acids is 1. The van der Waals surface area contributed by atoms with Crippen LogP contribution in [0.25, 0.3) is 11.1 Å². The summed E-state index contributed by atoms with van der Waals surface area (Å²) >= 11 is 0. The lowest BCUT2D eigenvalue weighted by atomic mass is 9.90. The molecule has 3 aromatic rings. The molecule has 0 aliphatic carbocycles. The van der Waals surface area contributed by atoms with Gasteiger partial charge in [0.1, 0.15) is 0 Å². The molecule has 3 nitrogen and oxygen atoms in total. The molecule has 1 aromatic heterocycles. The molecule has 0 saturated carbocycles. The van der Waals surface area contributed by atoms with Crippen molar-refractivity contribution in [3.8, 4) is 11.1 Å². The molecule has 1 N–H and O–H groups in total. The summed E-state index contributed by atoms with van der Waals surface area (Å²) in [5.74, 6) is -1.13. The first-order valence-electron chi connectivity index (χ1n) is 7.78. The van der Waals surface area contributed by atoms with Gasteiger partial charge in [0.15, 0.2) is 0 Å². The van der Waals surface area contributed by atoms with Crippen LogP contribution < -0.4 is 0 Å². The van der Waals surface area contributed by atoms with E-state index in [0.29, 0.717) is 23.1 Å². The topological polar surface area (TPSA) is 50.2 Å². The Hall–Kier alpha value is -3.15. The van der Waals surface area contributed by atoms with Gasteiger partial charge in [-0.3, -0.25) is 4.98 Å². The number of hydrogen-bond acceptors (Lipinski definition) is 2. The molecule has 1 heterocycles. The maximum atomic E-state index is 12.8. The maximum Gasteiger partial charge on any atom is 0.416 e. The minimum absolute atomic E-state index is 0.0474. The zero-order valence-electron chi connectivity index (χ0n) is 13.5. The van der Waals surface area contributed by atoms with Gasteiger partial charge in [-0.2, -0.15) is 13.2 Å². The lowest BCUT2D eigenvalue weighted by molar-refractivity contribution is -0.137. The van der Waals surface area contributed by atoms with Crippen molar-refractivity contribution in [2.45, 2.75) is 12.6 Å². The smallest absolute Gasteiger partial charge is 0.416 e. The van der Waals surface area contributed by atoms with E-state index in [1.54, 1.807) is 30.6 Å². The van der Waals surface area contributed by atoms with Crippen molar-refractivity contribution < 1.29 is 23.1 Å². The Morgan fingerprint density at radius 3 is 2.31 bits per heavy atom. The lowest BCUT2D eigenvalue weighted by Gasteiger charge is -2.14. The number of alkyl halides is 3. The second kappa shape index (κ2) is 7.00. The molecule has 0 aliphatic heterocycles. The number of benzene rings is 2. The first-order valence-corrected chi connectivity index (χ1v) is 7.78. The number of nitrogens with zero attached hydrogens (tertiary/aromatic N) is 1. The molecule has 0 amide bonds. The molecule has 0 unspecified atom stereocenters. The number of carbonyl (C=O) groups is 1. The Bertz CT molecular complexity index is 920. The molecular weight excluding hydrogens is 343 g/mol. The summed E-state index contributed by atoms with van der Waals surface area (Å²) in [6, 6.07) is 13.0. The van der Waals surface area contributed by atoms with Crippen LogP contribution in [0.1, 0.15) is 27.0 Å². The highest BCUT2D eigenvalue weighted by Crippen LogP contribution is 2.34. The van der Waals surface area contributed by atoms with Crippen molar-refractivity contribution in [2.24, 2.45) is 0 Å². The molecule has 3 rings (SSSR count). The highest BCUT2D eigenvalue weighted by molar-refractivity contribution is 5.97. The highest BCUT2D eigenvalue weighted by Gasteiger charge is 2.30. The van der Waals surface area contributed by atoms with Gasteiger partial charge >= 0.3 is 12.1 Å². The first kappa shape index (κ1) is 17.7. The van der Waals surface area contributed by atoms with Crippen LogP contribution in [0.3, 0.4) is 0 Å². The van der Waals surface area contributed by atoms with Crippen LogP contribution in [0.15, 0.2) is 67.0 Å². The summed E-state index contributed by atoms with van der Waals surface area (Å²) in [4.78, 5) is 15.7. The van der Waals surface area contributed by atoms with Crippen LogP contribution in [0.5, 0.6) is 0 Å². The molecule has 0 aliphatic rings. The van der Waals surface area contributed by atoms with Gasteiger partial charge in [0, 0.05) is 12.4 Å². The average Bonchev–Trinajstić information content (AvgIpc) is 2.62. The SMILES string of the molecule is O=C(O)c1cccc(Cc2cccnc2)c1-c1ccc(C(F)(F)F)cc1. The summed E-state index contributed by atoms with van der Waals surface area (Å²) in [7, 11) is 0. The van der Waals surface area contributed by atoms with Crippen molar-refractivity contribution >= 4 is 5.97 Å². The normalized spacial score (nSPS) is 11.3. The van der Waals surface area contributed by atoms with E-state index in [9.17, 15) is 23.1 Å². The highest BCUT2D eigenvalue weighted by atomic mass is 19.4. The van der Waals surface area contributed by atoms with E-state index in [-0.39, 0.29) is 5.56 Å². The number of aromatic nitrogens is 1. The summed E-state index contributed by atoms with van der Waals surface area (Å²) in [6.07, 6.45) is -0.716. The van der Waals surface area contributed by atoms with Gasteiger partial charge in [-0.1, -0.05) is 30.3 Å². The van der Waals surface area contributed by atoms with E-state index in [1.807, 2.05) is 6.07 Å². The second-order valence-electron chi connectivity index (χ2n) is 5.76. The quantitative estimate of drug-likeness (QED) is 0.710. The zero-order chi connectivity index (χ0) is 18.7. The molecule has 2 aromatic carbocycles. The monoisotopic (exact) mass is 357 g/mol. The fraction of sp³-hybridized carbons (Fsp3) is 0.100. The summed E-state index contributed by atoms with van der Waals surface area (Å²) in [5.41, 5.74) is 1.70.